The lowest BCUT2D eigenvalue weighted by Crippen LogP contribution is -2.41. The van der Waals surface area contributed by atoms with Crippen LogP contribution in [0.4, 0.5) is 5.69 Å². The summed E-state index contributed by atoms with van der Waals surface area (Å²) in [5, 5.41) is 21.8. The van der Waals surface area contributed by atoms with E-state index in [4.69, 9.17) is 5.11 Å². The summed E-state index contributed by atoms with van der Waals surface area (Å²) < 4.78 is 0. The number of carboxylic acids is 1. The van der Waals surface area contributed by atoms with E-state index in [-0.39, 0.29) is 11.4 Å². The molecule has 1 amide bonds. The molecule has 0 saturated carbocycles. The van der Waals surface area contributed by atoms with Gasteiger partial charge in [-0.15, -0.1) is 11.8 Å². The van der Waals surface area contributed by atoms with Gasteiger partial charge in [0, 0.05) is 29.7 Å². The van der Waals surface area contributed by atoms with Crippen molar-refractivity contribution in [3.05, 3.63) is 34.4 Å². The highest BCUT2D eigenvalue weighted by Gasteiger charge is 2.18. The van der Waals surface area contributed by atoms with E-state index in [1.807, 2.05) is 0 Å². The number of amides is 1. The maximum absolute atomic E-state index is 10.9. The van der Waals surface area contributed by atoms with Gasteiger partial charge in [-0.1, -0.05) is 6.07 Å². The van der Waals surface area contributed by atoms with Gasteiger partial charge in [-0.05, 0) is 6.07 Å². The van der Waals surface area contributed by atoms with Crippen molar-refractivity contribution >= 4 is 29.3 Å². The van der Waals surface area contributed by atoms with Crippen molar-refractivity contribution < 1.29 is 19.6 Å². The standard InChI is InChI=1S/C11H12N2O5S/c1-7(14)12-10(11(15)16)6-19-9-4-2-3-8(5-9)13(17)18/h2-5,10H,6H2,1H3,(H,12,14)(H,15,16)/t10-/m0/s1. The molecule has 0 spiro atoms. The molecule has 0 aromatic heterocycles. The van der Waals surface area contributed by atoms with Gasteiger partial charge in [0.05, 0.1) is 4.92 Å². The summed E-state index contributed by atoms with van der Waals surface area (Å²) in [6.45, 7) is 1.23. The Morgan fingerprint density at radius 2 is 2.21 bits per heavy atom. The molecule has 0 saturated heterocycles. The first-order chi connectivity index (χ1) is 8.90. The summed E-state index contributed by atoms with van der Waals surface area (Å²) in [6.07, 6.45) is 0. The van der Waals surface area contributed by atoms with E-state index in [2.05, 4.69) is 5.32 Å². The molecule has 1 atom stereocenters. The molecular weight excluding hydrogens is 272 g/mol. The van der Waals surface area contributed by atoms with E-state index in [1.54, 1.807) is 6.07 Å². The number of nitro benzene ring substituents is 1. The number of nitro groups is 1. The van der Waals surface area contributed by atoms with Crippen LogP contribution in [0.3, 0.4) is 0 Å². The molecular formula is C11H12N2O5S. The lowest BCUT2D eigenvalue weighted by atomic mass is 10.3. The Bertz CT molecular complexity index is 506. The second kappa shape index (κ2) is 6.74. The fourth-order valence-electron chi connectivity index (χ4n) is 1.29. The average molecular weight is 284 g/mol. The van der Waals surface area contributed by atoms with E-state index < -0.39 is 22.8 Å². The third-order valence-electron chi connectivity index (χ3n) is 2.12. The van der Waals surface area contributed by atoms with Crippen molar-refractivity contribution in [3.8, 4) is 0 Å². The Balaban J connectivity index is 2.68. The van der Waals surface area contributed by atoms with Crippen LogP contribution in [0.5, 0.6) is 0 Å². The van der Waals surface area contributed by atoms with Crippen LogP contribution in [-0.4, -0.2) is 33.7 Å². The molecule has 0 aliphatic carbocycles. The number of non-ortho nitro benzene ring substituents is 1. The highest BCUT2D eigenvalue weighted by atomic mass is 32.2. The molecule has 19 heavy (non-hydrogen) atoms. The van der Waals surface area contributed by atoms with Gasteiger partial charge < -0.3 is 10.4 Å². The summed E-state index contributed by atoms with van der Waals surface area (Å²) in [7, 11) is 0. The molecule has 1 aromatic rings. The second-order valence-electron chi connectivity index (χ2n) is 3.66. The summed E-state index contributed by atoms with van der Waals surface area (Å²) in [5.41, 5.74) is -0.0589. The molecule has 0 unspecified atom stereocenters. The van der Waals surface area contributed by atoms with Crippen LogP contribution in [0.15, 0.2) is 29.2 Å². The van der Waals surface area contributed by atoms with Crippen LogP contribution >= 0.6 is 11.8 Å². The highest BCUT2D eigenvalue weighted by Crippen LogP contribution is 2.23. The summed E-state index contributed by atoms with van der Waals surface area (Å²) in [4.78, 5) is 32.4. The van der Waals surface area contributed by atoms with Gasteiger partial charge in [-0.3, -0.25) is 14.9 Å². The van der Waals surface area contributed by atoms with Crippen molar-refractivity contribution in [1.82, 2.24) is 5.32 Å². The Kier molecular flexibility index (Phi) is 5.31. The Morgan fingerprint density at radius 1 is 1.53 bits per heavy atom. The number of hydrogen-bond acceptors (Lipinski definition) is 5. The second-order valence-corrected chi connectivity index (χ2v) is 4.75. The number of aliphatic carboxylic acids is 1. The number of hydrogen-bond donors (Lipinski definition) is 2. The first kappa shape index (κ1) is 15.0. The summed E-state index contributed by atoms with van der Waals surface area (Å²) >= 11 is 1.13. The molecule has 1 aromatic carbocycles. The molecule has 0 fully saturated rings. The molecule has 0 heterocycles. The molecule has 0 bridgehead atoms. The lowest BCUT2D eigenvalue weighted by molar-refractivity contribution is -0.385. The third-order valence-corrected chi connectivity index (χ3v) is 3.21. The van der Waals surface area contributed by atoms with Gasteiger partial charge in [0.2, 0.25) is 5.91 Å². The highest BCUT2D eigenvalue weighted by molar-refractivity contribution is 7.99. The molecule has 1 rings (SSSR count). The number of thioether (sulfide) groups is 1. The predicted molar refractivity (Wildman–Crippen MR) is 69.1 cm³/mol. The van der Waals surface area contributed by atoms with E-state index in [9.17, 15) is 19.7 Å². The minimum Gasteiger partial charge on any atom is -0.480 e. The van der Waals surface area contributed by atoms with Crippen LogP contribution in [0, 0.1) is 10.1 Å². The fraction of sp³-hybridized carbons (Fsp3) is 0.273. The van der Waals surface area contributed by atoms with Crippen molar-refractivity contribution in [2.24, 2.45) is 0 Å². The van der Waals surface area contributed by atoms with E-state index in [0.717, 1.165) is 11.8 Å². The zero-order chi connectivity index (χ0) is 14.4. The van der Waals surface area contributed by atoms with Crippen LogP contribution < -0.4 is 5.32 Å². The van der Waals surface area contributed by atoms with Crippen LogP contribution in [0.25, 0.3) is 0 Å². The predicted octanol–water partition coefficient (Wildman–Crippen LogP) is 1.28. The number of rotatable bonds is 6. The number of carboxylic acid groups (broad SMARTS) is 1. The molecule has 0 radical (unpaired) electrons. The van der Waals surface area contributed by atoms with Crippen molar-refractivity contribution in [2.45, 2.75) is 17.9 Å². The molecule has 7 nitrogen and oxygen atoms in total. The first-order valence-electron chi connectivity index (χ1n) is 5.27. The smallest absolute Gasteiger partial charge is 0.327 e. The SMILES string of the molecule is CC(=O)N[C@@H](CSc1cccc([N+](=O)[O-])c1)C(=O)O. The minimum absolute atomic E-state index is 0.0589. The monoisotopic (exact) mass is 284 g/mol. The first-order valence-corrected chi connectivity index (χ1v) is 6.26. The Hall–Kier alpha value is -2.09. The summed E-state index contributed by atoms with van der Waals surface area (Å²) in [6, 6.07) is 4.85. The zero-order valence-electron chi connectivity index (χ0n) is 10.0. The summed E-state index contributed by atoms with van der Waals surface area (Å²) in [5.74, 6) is -1.49. The third kappa shape index (κ3) is 4.96. The average Bonchev–Trinajstić information content (AvgIpc) is 2.34. The van der Waals surface area contributed by atoms with Gasteiger partial charge >= 0.3 is 5.97 Å². The molecule has 102 valence electrons. The van der Waals surface area contributed by atoms with Gasteiger partial charge in [-0.25, -0.2) is 4.79 Å². The van der Waals surface area contributed by atoms with Gasteiger partial charge in [0.15, 0.2) is 0 Å². The Morgan fingerprint density at radius 3 is 2.74 bits per heavy atom. The van der Waals surface area contributed by atoms with E-state index in [1.165, 1.54) is 25.1 Å². The normalized spacial score (nSPS) is 11.6. The number of nitrogens with one attached hydrogen (secondary N) is 1. The van der Waals surface area contributed by atoms with Crippen LogP contribution in [0.2, 0.25) is 0 Å². The van der Waals surface area contributed by atoms with Crippen molar-refractivity contribution in [1.29, 1.82) is 0 Å². The van der Waals surface area contributed by atoms with Crippen LogP contribution in [0.1, 0.15) is 6.92 Å². The van der Waals surface area contributed by atoms with Gasteiger partial charge in [0.1, 0.15) is 6.04 Å². The molecule has 0 aliphatic heterocycles. The number of carbonyl (C=O) groups is 2. The number of benzene rings is 1. The maximum atomic E-state index is 10.9. The Labute approximate surface area is 113 Å². The van der Waals surface area contributed by atoms with E-state index >= 15 is 0 Å². The van der Waals surface area contributed by atoms with Gasteiger partial charge in [-0.2, -0.15) is 0 Å². The number of nitrogens with zero attached hydrogens (tertiary/aromatic N) is 1. The largest absolute Gasteiger partial charge is 0.480 e. The molecule has 0 aliphatic rings. The molecule has 8 heteroatoms. The lowest BCUT2D eigenvalue weighted by Gasteiger charge is -2.12. The maximum Gasteiger partial charge on any atom is 0.327 e. The number of carbonyl (C=O) groups excluding carboxylic acids is 1. The minimum atomic E-state index is -1.15. The fourth-order valence-corrected chi connectivity index (χ4v) is 2.25. The quantitative estimate of drug-likeness (QED) is 0.462. The van der Waals surface area contributed by atoms with Crippen molar-refractivity contribution in [2.75, 3.05) is 5.75 Å². The van der Waals surface area contributed by atoms with Crippen molar-refractivity contribution in [3.63, 3.8) is 0 Å². The van der Waals surface area contributed by atoms with Crippen LogP contribution in [-0.2, 0) is 9.59 Å². The zero-order valence-corrected chi connectivity index (χ0v) is 10.8. The topological polar surface area (TPSA) is 110 Å². The van der Waals surface area contributed by atoms with E-state index in [0.29, 0.717) is 4.90 Å². The molecule has 2 N–H and O–H groups in total. The van der Waals surface area contributed by atoms with Gasteiger partial charge in [0.25, 0.3) is 5.69 Å².